The van der Waals surface area contributed by atoms with E-state index < -0.39 is 10.0 Å². The summed E-state index contributed by atoms with van der Waals surface area (Å²) in [6, 6.07) is 8.00. The van der Waals surface area contributed by atoms with Gasteiger partial charge in [0.25, 0.3) is 0 Å². The van der Waals surface area contributed by atoms with Gasteiger partial charge in [0.05, 0.1) is 12.3 Å². The number of hydrogen-bond donors (Lipinski definition) is 0. The van der Waals surface area contributed by atoms with Gasteiger partial charge >= 0.3 is 0 Å². The van der Waals surface area contributed by atoms with E-state index in [-0.39, 0.29) is 36.1 Å². The van der Waals surface area contributed by atoms with Crippen molar-refractivity contribution in [1.29, 1.82) is 0 Å². The van der Waals surface area contributed by atoms with E-state index in [0.717, 1.165) is 43.2 Å². The van der Waals surface area contributed by atoms with Gasteiger partial charge in [0, 0.05) is 38.1 Å². The van der Waals surface area contributed by atoms with Gasteiger partial charge < -0.3 is 9.80 Å². The molecule has 33 heavy (non-hydrogen) atoms. The molecule has 1 heterocycles. The molecule has 1 aromatic carbocycles. The third-order valence-electron chi connectivity index (χ3n) is 7.14. The molecule has 0 spiro atoms. The molecule has 0 atom stereocenters. The second kappa shape index (κ2) is 11.5. The Morgan fingerprint density at radius 1 is 1.06 bits per heavy atom. The fourth-order valence-corrected chi connectivity index (χ4v) is 5.83. The maximum Gasteiger partial charge on any atom is 0.238 e. The van der Waals surface area contributed by atoms with Gasteiger partial charge in [-0.25, -0.2) is 8.42 Å². The highest BCUT2D eigenvalue weighted by atomic mass is 32.2. The number of sulfonamides is 1. The molecule has 1 saturated heterocycles. The maximum atomic E-state index is 13.5. The lowest BCUT2D eigenvalue weighted by molar-refractivity contribution is -0.141. The van der Waals surface area contributed by atoms with Crippen LogP contribution in [0.3, 0.4) is 0 Å². The van der Waals surface area contributed by atoms with Crippen LogP contribution in [0.5, 0.6) is 0 Å². The number of rotatable bonds is 10. The van der Waals surface area contributed by atoms with Crippen LogP contribution in [0.2, 0.25) is 0 Å². The molecule has 0 aromatic heterocycles. The molecule has 3 rings (SSSR count). The number of hydrogen-bond acceptors (Lipinski definition) is 4. The Morgan fingerprint density at radius 3 is 2.27 bits per heavy atom. The van der Waals surface area contributed by atoms with Crippen molar-refractivity contribution in [3.63, 3.8) is 0 Å². The number of carbonyl (C=O) groups excluding carboxylic acids is 2. The highest BCUT2D eigenvalue weighted by molar-refractivity contribution is 7.89. The van der Waals surface area contributed by atoms with E-state index in [1.165, 1.54) is 4.31 Å². The van der Waals surface area contributed by atoms with E-state index in [4.69, 9.17) is 0 Å². The zero-order valence-electron chi connectivity index (χ0n) is 20.3. The smallest absolute Gasteiger partial charge is 0.238 e. The van der Waals surface area contributed by atoms with Crippen molar-refractivity contribution in [2.45, 2.75) is 71.9 Å². The van der Waals surface area contributed by atoms with E-state index >= 15 is 0 Å². The van der Waals surface area contributed by atoms with Crippen LogP contribution < -0.4 is 0 Å². The zero-order valence-corrected chi connectivity index (χ0v) is 21.1. The average Bonchev–Trinajstić information content (AvgIpc) is 2.77. The SMILES string of the molecule is CCCN(CC(=O)N(Cc1ccccc1C)C1CCN(C(=O)C2CCC2)CC1)S(=O)(=O)CC. The van der Waals surface area contributed by atoms with E-state index in [2.05, 4.69) is 0 Å². The predicted molar refractivity (Wildman–Crippen MR) is 130 cm³/mol. The summed E-state index contributed by atoms with van der Waals surface area (Å²) in [7, 11) is -3.46. The van der Waals surface area contributed by atoms with Crippen molar-refractivity contribution in [2.24, 2.45) is 5.92 Å². The summed E-state index contributed by atoms with van der Waals surface area (Å²) in [6.07, 6.45) is 5.24. The fraction of sp³-hybridized carbons (Fsp3) is 0.680. The van der Waals surface area contributed by atoms with Gasteiger partial charge in [0.1, 0.15) is 0 Å². The van der Waals surface area contributed by atoms with Crippen LogP contribution in [0.25, 0.3) is 0 Å². The first-order chi connectivity index (χ1) is 15.8. The number of benzene rings is 1. The van der Waals surface area contributed by atoms with Crippen LogP contribution in [0.1, 0.15) is 63.5 Å². The second-order valence-electron chi connectivity index (χ2n) is 9.37. The van der Waals surface area contributed by atoms with Crippen molar-refractivity contribution in [3.05, 3.63) is 35.4 Å². The molecule has 0 N–H and O–H groups in total. The Balaban J connectivity index is 1.75. The van der Waals surface area contributed by atoms with Gasteiger partial charge in [-0.2, -0.15) is 4.31 Å². The van der Waals surface area contributed by atoms with Crippen LogP contribution in [0, 0.1) is 12.8 Å². The van der Waals surface area contributed by atoms with Crippen molar-refractivity contribution in [3.8, 4) is 0 Å². The minimum Gasteiger partial charge on any atom is -0.342 e. The molecule has 0 radical (unpaired) electrons. The molecular weight excluding hydrogens is 438 g/mol. The maximum absolute atomic E-state index is 13.5. The van der Waals surface area contributed by atoms with E-state index in [9.17, 15) is 18.0 Å². The number of likely N-dealkylation sites (tertiary alicyclic amines) is 1. The third-order valence-corrected chi connectivity index (χ3v) is 8.96. The molecule has 7 nitrogen and oxygen atoms in total. The summed E-state index contributed by atoms with van der Waals surface area (Å²) < 4.78 is 26.5. The second-order valence-corrected chi connectivity index (χ2v) is 11.6. The van der Waals surface area contributed by atoms with Crippen molar-refractivity contribution in [2.75, 3.05) is 31.9 Å². The van der Waals surface area contributed by atoms with Gasteiger partial charge in [-0.15, -0.1) is 0 Å². The molecule has 1 saturated carbocycles. The summed E-state index contributed by atoms with van der Waals surface area (Å²) in [6.45, 7) is 7.55. The zero-order chi connectivity index (χ0) is 24.0. The van der Waals surface area contributed by atoms with Crippen LogP contribution in [0.4, 0.5) is 0 Å². The van der Waals surface area contributed by atoms with E-state index in [1.54, 1.807) is 6.92 Å². The van der Waals surface area contributed by atoms with E-state index in [1.807, 2.05) is 47.9 Å². The largest absolute Gasteiger partial charge is 0.342 e. The summed E-state index contributed by atoms with van der Waals surface area (Å²) >= 11 is 0. The van der Waals surface area contributed by atoms with Gasteiger partial charge in [-0.1, -0.05) is 37.6 Å². The van der Waals surface area contributed by atoms with Crippen molar-refractivity contribution >= 4 is 21.8 Å². The minimum absolute atomic E-state index is 0.00430. The lowest BCUT2D eigenvalue weighted by Gasteiger charge is -2.41. The molecule has 1 aliphatic carbocycles. The number of nitrogens with zero attached hydrogens (tertiary/aromatic N) is 3. The first kappa shape index (κ1) is 25.7. The Hall–Kier alpha value is -1.93. The van der Waals surface area contributed by atoms with E-state index in [0.29, 0.717) is 32.6 Å². The Labute approximate surface area is 199 Å². The molecule has 2 aliphatic rings. The van der Waals surface area contributed by atoms with Gasteiger partial charge in [0.15, 0.2) is 0 Å². The Morgan fingerprint density at radius 2 is 1.73 bits per heavy atom. The molecule has 0 bridgehead atoms. The third kappa shape index (κ3) is 6.35. The highest BCUT2D eigenvalue weighted by Gasteiger charge is 2.35. The molecule has 2 amide bonds. The topological polar surface area (TPSA) is 78.0 Å². The number of amides is 2. The van der Waals surface area contributed by atoms with Gasteiger partial charge in [0.2, 0.25) is 21.8 Å². The van der Waals surface area contributed by atoms with Gasteiger partial charge in [-0.3, -0.25) is 9.59 Å². The van der Waals surface area contributed by atoms with Crippen molar-refractivity contribution in [1.82, 2.24) is 14.1 Å². The normalized spacial score (nSPS) is 17.8. The first-order valence-corrected chi connectivity index (χ1v) is 14.0. The predicted octanol–water partition coefficient (Wildman–Crippen LogP) is 3.18. The van der Waals surface area contributed by atoms with Crippen LogP contribution in [-0.2, 0) is 26.2 Å². The average molecular weight is 478 g/mol. The molecule has 184 valence electrons. The lowest BCUT2D eigenvalue weighted by atomic mass is 9.84. The molecule has 8 heteroatoms. The van der Waals surface area contributed by atoms with Crippen LogP contribution >= 0.6 is 0 Å². The molecule has 1 aliphatic heterocycles. The summed E-state index contributed by atoms with van der Waals surface area (Å²) in [5, 5.41) is 0. The minimum atomic E-state index is -3.46. The summed E-state index contributed by atoms with van der Waals surface area (Å²) in [4.78, 5) is 30.0. The fourth-order valence-electron chi connectivity index (χ4n) is 4.69. The van der Waals surface area contributed by atoms with Crippen molar-refractivity contribution < 1.29 is 18.0 Å². The van der Waals surface area contributed by atoms with Gasteiger partial charge in [-0.05, 0) is 57.1 Å². The monoisotopic (exact) mass is 477 g/mol. The van der Waals surface area contributed by atoms with Crippen LogP contribution in [-0.4, -0.2) is 72.3 Å². The number of piperidine rings is 1. The first-order valence-electron chi connectivity index (χ1n) is 12.4. The molecular formula is C25H39N3O4S. The van der Waals surface area contributed by atoms with Crippen LogP contribution in [0.15, 0.2) is 24.3 Å². The number of aryl methyl sites for hydroxylation is 1. The quantitative estimate of drug-likeness (QED) is 0.519. The Kier molecular flexibility index (Phi) is 8.93. The molecule has 1 aromatic rings. The molecule has 2 fully saturated rings. The number of carbonyl (C=O) groups is 2. The standard InChI is InChI=1S/C25H39N3O4S/c1-4-15-27(33(31,32)5-2)19-24(29)28(18-22-10-7-6-9-20(22)3)23-13-16-26(17-14-23)25(30)21-11-8-12-21/h6-7,9-10,21,23H,4-5,8,11-19H2,1-3H3. The highest BCUT2D eigenvalue weighted by Crippen LogP contribution is 2.30. The lowest BCUT2D eigenvalue weighted by Crippen LogP contribution is -2.52. The molecule has 0 unspecified atom stereocenters. The summed E-state index contributed by atoms with van der Waals surface area (Å²) in [5.41, 5.74) is 2.18. The Bertz CT molecular complexity index is 921. The summed E-state index contributed by atoms with van der Waals surface area (Å²) in [5.74, 6) is 0.278.